The van der Waals surface area contributed by atoms with Gasteiger partial charge in [-0.3, -0.25) is 0 Å². The molecule has 1 aliphatic rings. The summed E-state index contributed by atoms with van der Waals surface area (Å²) >= 11 is 0. The van der Waals surface area contributed by atoms with Gasteiger partial charge >= 0.3 is 6.16 Å². The van der Waals surface area contributed by atoms with Crippen LogP contribution in [0.2, 0.25) is 0 Å². The first-order valence-electron chi connectivity index (χ1n) is 10.8. The van der Waals surface area contributed by atoms with E-state index in [-0.39, 0.29) is 6.61 Å². The van der Waals surface area contributed by atoms with Crippen LogP contribution in [0.3, 0.4) is 0 Å². The van der Waals surface area contributed by atoms with E-state index in [9.17, 15) is 4.79 Å². The van der Waals surface area contributed by atoms with Gasteiger partial charge in [0.2, 0.25) is 0 Å². The molecule has 29 heavy (non-hydrogen) atoms. The van der Waals surface area contributed by atoms with E-state index in [1.165, 1.54) is 43.2 Å². The van der Waals surface area contributed by atoms with Gasteiger partial charge < -0.3 is 14.2 Å². The zero-order valence-electron chi connectivity index (χ0n) is 17.6. The zero-order valence-corrected chi connectivity index (χ0v) is 17.6. The second-order valence-corrected chi connectivity index (χ2v) is 7.83. The van der Waals surface area contributed by atoms with Crippen molar-refractivity contribution in [2.45, 2.75) is 64.2 Å². The molecule has 1 aliphatic carbocycles. The van der Waals surface area contributed by atoms with E-state index >= 15 is 0 Å². The molecular weight excluding hydrogens is 364 g/mol. The van der Waals surface area contributed by atoms with E-state index in [1.54, 1.807) is 12.1 Å². The first-order chi connectivity index (χ1) is 14.2. The molecule has 0 N–H and O–H groups in total. The molecule has 2 aromatic carbocycles. The van der Waals surface area contributed by atoms with Crippen molar-refractivity contribution in [1.82, 2.24) is 0 Å². The van der Waals surface area contributed by atoms with Crippen LogP contribution in [0.4, 0.5) is 4.79 Å². The topological polar surface area (TPSA) is 44.8 Å². The van der Waals surface area contributed by atoms with Crippen molar-refractivity contribution in [3.8, 4) is 11.5 Å². The second-order valence-electron chi connectivity index (χ2n) is 7.83. The van der Waals surface area contributed by atoms with Gasteiger partial charge in [-0.05, 0) is 66.5 Å². The molecule has 1 atom stereocenters. The fourth-order valence-electron chi connectivity index (χ4n) is 3.78. The average molecular weight is 397 g/mol. The van der Waals surface area contributed by atoms with Gasteiger partial charge in [0, 0.05) is 0 Å². The predicted octanol–water partition coefficient (Wildman–Crippen LogP) is 6.84. The van der Waals surface area contributed by atoms with Gasteiger partial charge in [-0.1, -0.05) is 57.4 Å². The molecule has 0 spiro atoms. The highest BCUT2D eigenvalue weighted by Crippen LogP contribution is 2.33. The number of hydrogen-bond donors (Lipinski definition) is 0. The molecule has 3 rings (SSSR count). The van der Waals surface area contributed by atoms with Crippen LogP contribution in [0.15, 0.2) is 48.5 Å². The molecule has 156 valence electrons. The van der Waals surface area contributed by atoms with Crippen molar-refractivity contribution >= 4 is 6.16 Å². The van der Waals surface area contributed by atoms with Gasteiger partial charge in [0.1, 0.15) is 24.7 Å². The van der Waals surface area contributed by atoms with E-state index in [2.05, 4.69) is 26.0 Å². The Bertz CT molecular complexity index is 745. The highest BCUT2D eigenvalue weighted by atomic mass is 16.7. The van der Waals surface area contributed by atoms with Gasteiger partial charge in [-0.2, -0.15) is 0 Å². The molecule has 0 aliphatic heterocycles. The Morgan fingerprint density at radius 3 is 2.24 bits per heavy atom. The Labute approximate surface area is 174 Å². The van der Waals surface area contributed by atoms with Crippen LogP contribution in [0, 0.1) is 0 Å². The lowest BCUT2D eigenvalue weighted by atomic mass is 9.84. The third-order valence-corrected chi connectivity index (χ3v) is 5.79. The standard InChI is InChI=1S/C25H32O4/c1-3-19(2)20-9-15-24(16-10-20)29-25(26)28-18-17-27-23-13-11-22(12-14-23)21-7-5-4-6-8-21/h9-16,19,21H,3-8,17-18H2,1-2H3. The van der Waals surface area contributed by atoms with Crippen LogP contribution in [0.25, 0.3) is 0 Å². The summed E-state index contributed by atoms with van der Waals surface area (Å²) in [5.74, 6) is 2.46. The molecule has 4 nitrogen and oxygen atoms in total. The van der Waals surface area contributed by atoms with Crippen molar-refractivity contribution in [3.63, 3.8) is 0 Å². The van der Waals surface area contributed by atoms with Crippen molar-refractivity contribution in [2.75, 3.05) is 13.2 Å². The van der Waals surface area contributed by atoms with Gasteiger partial charge in [0.05, 0.1) is 0 Å². The summed E-state index contributed by atoms with van der Waals surface area (Å²) in [5.41, 5.74) is 2.63. The molecule has 0 aromatic heterocycles. The Hall–Kier alpha value is -2.49. The number of ether oxygens (including phenoxy) is 3. The fourth-order valence-corrected chi connectivity index (χ4v) is 3.78. The molecule has 4 heteroatoms. The van der Waals surface area contributed by atoms with Crippen LogP contribution in [0.5, 0.6) is 11.5 Å². The Morgan fingerprint density at radius 2 is 1.59 bits per heavy atom. The summed E-state index contributed by atoms with van der Waals surface area (Å²) in [6.07, 6.45) is 6.97. The summed E-state index contributed by atoms with van der Waals surface area (Å²) < 4.78 is 16.0. The van der Waals surface area contributed by atoms with E-state index in [4.69, 9.17) is 14.2 Å². The maximum absolute atomic E-state index is 11.8. The molecule has 2 aromatic rings. The lowest BCUT2D eigenvalue weighted by Gasteiger charge is -2.22. The van der Waals surface area contributed by atoms with Crippen LogP contribution >= 0.6 is 0 Å². The van der Waals surface area contributed by atoms with E-state index < -0.39 is 6.16 Å². The van der Waals surface area contributed by atoms with Crippen molar-refractivity contribution in [2.24, 2.45) is 0 Å². The SMILES string of the molecule is CCC(C)c1ccc(OC(=O)OCCOc2ccc(C3CCCCC3)cc2)cc1. The number of benzene rings is 2. The normalized spacial score (nSPS) is 15.5. The molecule has 0 heterocycles. The molecule has 1 fully saturated rings. The number of rotatable bonds is 8. The Morgan fingerprint density at radius 1 is 0.931 bits per heavy atom. The van der Waals surface area contributed by atoms with Gasteiger partial charge in [-0.25, -0.2) is 4.79 Å². The summed E-state index contributed by atoms with van der Waals surface area (Å²) in [6.45, 7) is 4.77. The minimum atomic E-state index is -0.711. The molecule has 0 radical (unpaired) electrons. The third kappa shape index (κ3) is 6.52. The molecule has 1 saturated carbocycles. The monoisotopic (exact) mass is 396 g/mol. The van der Waals surface area contributed by atoms with Crippen LogP contribution in [-0.2, 0) is 4.74 Å². The Kier molecular flexibility index (Phi) is 7.97. The molecule has 1 unspecified atom stereocenters. The van der Waals surface area contributed by atoms with Crippen LogP contribution < -0.4 is 9.47 Å². The molecule has 0 amide bonds. The minimum Gasteiger partial charge on any atom is -0.490 e. The summed E-state index contributed by atoms with van der Waals surface area (Å²) in [4.78, 5) is 11.8. The van der Waals surface area contributed by atoms with E-state index in [1.807, 2.05) is 24.3 Å². The van der Waals surface area contributed by atoms with E-state index in [0.29, 0.717) is 24.2 Å². The fraction of sp³-hybridized carbons (Fsp3) is 0.480. The van der Waals surface area contributed by atoms with Crippen molar-refractivity contribution in [1.29, 1.82) is 0 Å². The third-order valence-electron chi connectivity index (χ3n) is 5.79. The lowest BCUT2D eigenvalue weighted by Crippen LogP contribution is -2.15. The van der Waals surface area contributed by atoms with Gasteiger partial charge in [0.15, 0.2) is 0 Å². The second kappa shape index (κ2) is 10.9. The van der Waals surface area contributed by atoms with Gasteiger partial charge in [0.25, 0.3) is 0 Å². The number of carbonyl (C=O) groups is 1. The smallest absolute Gasteiger partial charge is 0.490 e. The first-order valence-corrected chi connectivity index (χ1v) is 10.8. The first kappa shape index (κ1) is 21.2. The zero-order chi connectivity index (χ0) is 20.5. The lowest BCUT2D eigenvalue weighted by molar-refractivity contribution is 0.0847. The highest BCUT2D eigenvalue weighted by Gasteiger charge is 2.15. The number of carbonyl (C=O) groups excluding carboxylic acids is 1. The average Bonchev–Trinajstić information content (AvgIpc) is 2.78. The Balaban J connectivity index is 1.36. The highest BCUT2D eigenvalue weighted by molar-refractivity contribution is 5.63. The molecular formula is C25H32O4. The summed E-state index contributed by atoms with van der Waals surface area (Å²) in [5, 5.41) is 0. The molecule has 0 saturated heterocycles. The maximum Gasteiger partial charge on any atom is 0.513 e. The van der Waals surface area contributed by atoms with Crippen molar-refractivity contribution < 1.29 is 19.0 Å². The van der Waals surface area contributed by atoms with Crippen LogP contribution in [-0.4, -0.2) is 19.4 Å². The van der Waals surface area contributed by atoms with E-state index in [0.717, 1.165) is 12.2 Å². The maximum atomic E-state index is 11.8. The quantitative estimate of drug-likeness (QED) is 0.278. The van der Waals surface area contributed by atoms with Crippen LogP contribution in [0.1, 0.15) is 75.3 Å². The largest absolute Gasteiger partial charge is 0.513 e. The summed E-state index contributed by atoms with van der Waals surface area (Å²) in [6, 6.07) is 15.9. The summed E-state index contributed by atoms with van der Waals surface area (Å²) in [7, 11) is 0. The number of hydrogen-bond acceptors (Lipinski definition) is 4. The minimum absolute atomic E-state index is 0.147. The predicted molar refractivity (Wildman–Crippen MR) is 115 cm³/mol. The van der Waals surface area contributed by atoms with Crippen molar-refractivity contribution in [3.05, 3.63) is 59.7 Å². The molecule has 0 bridgehead atoms. The van der Waals surface area contributed by atoms with Gasteiger partial charge in [-0.15, -0.1) is 0 Å².